The molecule has 0 radical (unpaired) electrons. The van der Waals surface area contributed by atoms with Crippen LogP contribution in [0.1, 0.15) is 96.0 Å². The van der Waals surface area contributed by atoms with Gasteiger partial charge >= 0.3 is 0 Å². The van der Waals surface area contributed by atoms with Crippen LogP contribution in [0, 0.1) is 5.92 Å². The van der Waals surface area contributed by atoms with Crippen molar-refractivity contribution in [1.82, 2.24) is 9.97 Å². The molecular weight excluding hydrogens is 440 g/mol. The Labute approximate surface area is 218 Å². The lowest BCUT2D eigenvalue weighted by Gasteiger charge is -2.09. The van der Waals surface area contributed by atoms with Gasteiger partial charge in [-0.2, -0.15) is 0 Å². The third-order valence-electron chi connectivity index (χ3n) is 7.63. The number of aryl methyl sites for hydroxylation is 1. The molecule has 3 nitrogen and oxygen atoms in total. The number of nitrogens with zero attached hydrogens (tertiary/aromatic N) is 2. The number of hydrogen-bond donors (Lipinski definition) is 0. The van der Waals surface area contributed by atoms with Crippen molar-refractivity contribution in [2.45, 2.75) is 96.8 Å². The van der Waals surface area contributed by atoms with Crippen LogP contribution in [-0.2, 0) is 6.42 Å². The summed E-state index contributed by atoms with van der Waals surface area (Å²) in [6, 6.07) is 17.6. The molecule has 0 atom stereocenters. The van der Waals surface area contributed by atoms with Crippen molar-refractivity contribution >= 4 is 0 Å². The Balaban J connectivity index is 1.18. The largest absolute Gasteiger partial charge is 0.490 e. The molecule has 1 heterocycles. The van der Waals surface area contributed by atoms with E-state index in [1.165, 1.54) is 100 Å². The molecule has 1 fully saturated rings. The van der Waals surface area contributed by atoms with Crippen LogP contribution in [0.25, 0.3) is 22.5 Å². The molecule has 2 aromatic carbocycles. The van der Waals surface area contributed by atoms with Gasteiger partial charge in [-0.15, -0.1) is 0 Å². The first-order chi connectivity index (χ1) is 17.8. The fourth-order valence-electron chi connectivity index (χ4n) is 5.35. The Morgan fingerprint density at radius 3 is 2.00 bits per heavy atom. The molecule has 1 saturated carbocycles. The monoisotopic (exact) mass is 484 g/mol. The normalized spacial score (nSPS) is 13.8. The van der Waals surface area contributed by atoms with Crippen molar-refractivity contribution in [3.05, 3.63) is 66.5 Å². The standard InChI is InChI=1S/C33H44N2O/c1-2-3-4-7-13-28-16-18-29(19-17-28)30-20-22-31(23-21-30)33-34-25-32(26-35-33)36-24-11-6-5-8-12-27-14-9-10-15-27/h16-23,25-27H,2-15,24H2,1H3. The first-order valence-electron chi connectivity index (χ1n) is 14.5. The van der Waals surface area contributed by atoms with E-state index in [2.05, 4.69) is 65.4 Å². The maximum Gasteiger partial charge on any atom is 0.159 e. The Morgan fingerprint density at radius 2 is 1.31 bits per heavy atom. The summed E-state index contributed by atoms with van der Waals surface area (Å²) in [5.74, 6) is 2.52. The highest BCUT2D eigenvalue weighted by Crippen LogP contribution is 2.29. The summed E-state index contributed by atoms with van der Waals surface area (Å²) in [6.07, 6.45) is 22.4. The average molecular weight is 485 g/mol. The van der Waals surface area contributed by atoms with Gasteiger partial charge in [-0.05, 0) is 41.9 Å². The van der Waals surface area contributed by atoms with E-state index < -0.39 is 0 Å². The summed E-state index contributed by atoms with van der Waals surface area (Å²) in [5, 5.41) is 0. The van der Waals surface area contributed by atoms with Crippen molar-refractivity contribution in [2.24, 2.45) is 5.92 Å². The fourth-order valence-corrected chi connectivity index (χ4v) is 5.35. The van der Waals surface area contributed by atoms with E-state index in [9.17, 15) is 0 Å². The zero-order chi connectivity index (χ0) is 24.8. The Hall–Kier alpha value is -2.68. The molecule has 36 heavy (non-hydrogen) atoms. The van der Waals surface area contributed by atoms with E-state index in [1.54, 1.807) is 12.4 Å². The van der Waals surface area contributed by atoms with Gasteiger partial charge in [-0.25, -0.2) is 9.97 Å². The number of rotatable bonds is 15. The molecule has 0 N–H and O–H groups in total. The maximum absolute atomic E-state index is 5.87. The van der Waals surface area contributed by atoms with Gasteiger partial charge in [0, 0.05) is 5.56 Å². The molecule has 0 saturated heterocycles. The van der Waals surface area contributed by atoms with Gasteiger partial charge in [0.15, 0.2) is 11.6 Å². The van der Waals surface area contributed by atoms with Crippen LogP contribution >= 0.6 is 0 Å². The molecule has 0 aliphatic heterocycles. The van der Waals surface area contributed by atoms with E-state index in [0.29, 0.717) is 0 Å². The van der Waals surface area contributed by atoms with Crippen LogP contribution in [0.3, 0.4) is 0 Å². The summed E-state index contributed by atoms with van der Waals surface area (Å²) in [5.41, 5.74) is 4.93. The van der Waals surface area contributed by atoms with Crippen LogP contribution in [0.5, 0.6) is 5.75 Å². The Bertz CT molecular complexity index is 989. The van der Waals surface area contributed by atoms with E-state index in [1.807, 2.05) is 0 Å². The van der Waals surface area contributed by atoms with Gasteiger partial charge in [0.2, 0.25) is 0 Å². The Kier molecular flexibility index (Phi) is 10.8. The minimum absolute atomic E-state index is 0.739. The van der Waals surface area contributed by atoms with E-state index >= 15 is 0 Å². The predicted octanol–water partition coefficient (Wildman–Crippen LogP) is 9.45. The van der Waals surface area contributed by atoms with E-state index in [0.717, 1.165) is 36.1 Å². The van der Waals surface area contributed by atoms with Crippen molar-refractivity contribution in [3.63, 3.8) is 0 Å². The molecule has 4 rings (SSSR count). The minimum Gasteiger partial charge on any atom is -0.490 e. The molecule has 0 spiro atoms. The smallest absolute Gasteiger partial charge is 0.159 e. The highest BCUT2D eigenvalue weighted by Gasteiger charge is 2.13. The third-order valence-corrected chi connectivity index (χ3v) is 7.63. The lowest BCUT2D eigenvalue weighted by Crippen LogP contribution is -1.99. The Morgan fingerprint density at radius 1 is 0.694 bits per heavy atom. The summed E-state index contributed by atoms with van der Waals surface area (Å²) in [7, 11) is 0. The summed E-state index contributed by atoms with van der Waals surface area (Å²) >= 11 is 0. The summed E-state index contributed by atoms with van der Waals surface area (Å²) < 4.78 is 5.87. The lowest BCUT2D eigenvalue weighted by atomic mass is 9.99. The number of ether oxygens (including phenoxy) is 1. The maximum atomic E-state index is 5.87. The van der Waals surface area contributed by atoms with Crippen molar-refractivity contribution < 1.29 is 4.74 Å². The second-order valence-electron chi connectivity index (χ2n) is 10.5. The number of aromatic nitrogens is 2. The topological polar surface area (TPSA) is 35.0 Å². The van der Waals surface area contributed by atoms with E-state index in [-0.39, 0.29) is 0 Å². The van der Waals surface area contributed by atoms with Gasteiger partial charge in [-0.1, -0.05) is 126 Å². The van der Waals surface area contributed by atoms with Crippen LogP contribution in [0.15, 0.2) is 60.9 Å². The molecule has 0 bridgehead atoms. The molecule has 1 aromatic heterocycles. The van der Waals surface area contributed by atoms with Gasteiger partial charge in [-0.3, -0.25) is 0 Å². The lowest BCUT2D eigenvalue weighted by molar-refractivity contribution is 0.301. The first kappa shape index (κ1) is 26.4. The highest BCUT2D eigenvalue weighted by molar-refractivity contribution is 5.67. The first-order valence-corrected chi connectivity index (χ1v) is 14.5. The predicted molar refractivity (Wildman–Crippen MR) is 151 cm³/mol. The van der Waals surface area contributed by atoms with Crippen molar-refractivity contribution in [3.8, 4) is 28.3 Å². The molecule has 192 valence electrons. The van der Waals surface area contributed by atoms with E-state index in [4.69, 9.17) is 4.74 Å². The van der Waals surface area contributed by atoms with Gasteiger partial charge in [0.1, 0.15) is 0 Å². The molecule has 3 heteroatoms. The van der Waals surface area contributed by atoms with Gasteiger partial charge < -0.3 is 4.74 Å². The quantitative estimate of drug-likeness (QED) is 0.201. The third kappa shape index (κ3) is 8.47. The molecule has 1 aliphatic carbocycles. The number of hydrogen-bond acceptors (Lipinski definition) is 3. The second-order valence-corrected chi connectivity index (χ2v) is 10.5. The molecule has 1 aliphatic rings. The van der Waals surface area contributed by atoms with Crippen LogP contribution in [-0.4, -0.2) is 16.6 Å². The molecule has 3 aromatic rings. The average Bonchev–Trinajstić information content (AvgIpc) is 3.45. The molecule has 0 unspecified atom stereocenters. The highest BCUT2D eigenvalue weighted by atomic mass is 16.5. The van der Waals surface area contributed by atoms with Gasteiger partial charge in [0.25, 0.3) is 0 Å². The van der Waals surface area contributed by atoms with Crippen molar-refractivity contribution in [1.29, 1.82) is 0 Å². The zero-order valence-corrected chi connectivity index (χ0v) is 22.3. The summed E-state index contributed by atoms with van der Waals surface area (Å²) in [4.78, 5) is 9.08. The van der Waals surface area contributed by atoms with Crippen LogP contribution in [0.4, 0.5) is 0 Å². The number of benzene rings is 2. The second kappa shape index (κ2) is 14.8. The SMILES string of the molecule is CCCCCCc1ccc(-c2ccc(-c3ncc(OCCCCCCC4CCCC4)cn3)cc2)cc1. The molecule has 0 amide bonds. The van der Waals surface area contributed by atoms with Gasteiger partial charge in [0.05, 0.1) is 19.0 Å². The number of unbranched alkanes of at least 4 members (excludes halogenated alkanes) is 6. The fraction of sp³-hybridized carbons (Fsp3) is 0.515. The van der Waals surface area contributed by atoms with Crippen LogP contribution < -0.4 is 4.74 Å². The summed E-state index contributed by atoms with van der Waals surface area (Å²) in [6.45, 7) is 3.01. The zero-order valence-electron chi connectivity index (χ0n) is 22.3. The minimum atomic E-state index is 0.739. The molecular formula is C33H44N2O. The van der Waals surface area contributed by atoms with Crippen molar-refractivity contribution in [2.75, 3.05) is 6.61 Å². The van der Waals surface area contributed by atoms with Crippen LogP contribution in [0.2, 0.25) is 0 Å².